The van der Waals surface area contributed by atoms with Crippen LogP contribution < -0.4 is 16.0 Å². The first-order valence-electron chi connectivity index (χ1n) is 11.2. The topological polar surface area (TPSA) is 128 Å². The Labute approximate surface area is 206 Å². The monoisotopic (exact) mass is 489 g/mol. The van der Waals surface area contributed by atoms with Crippen molar-refractivity contribution < 1.29 is 23.5 Å². The number of hydrogen-bond donors (Lipinski definition) is 2. The molecule has 9 nitrogen and oxygen atoms in total. The van der Waals surface area contributed by atoms with Gasteiger partial charge in [-0.3, -0.25) is 14.5 Å². The lowest BCUT2D eigenvalue weighted by Crippen LogP contribution is -2.43. The molecule has 1 aromatic heterocycles. The Balaban J connectivity index is 1.37. The van der Waals surface area contributed by atoms with E-state index in [9.17, 15) is 18.8 Å². The first kappa shape index (κ1) is 24.7. The zero-order valence-electron chi connectivity index (χ0n) is 19.4. The summed E-state index contributed by atoms with van der Waals surface area (Å²) in [7, 11) is 0. The molecular weight excluding hydrogens is 465 g/mol. The van der Waals surface area contributed by atoms with E-state index in [1.165, 1.54) is 30.3 Å². The number of halogens is 1. The van der Waals surface area contributed by atoms with Gasteiger partial charge in [-0.05, 0) is 42.3 Å². The summed E-state index contributed by atoms with van der Waals surface area (Å²) in [4.78, 5) is 44.8. The maximum absolute atomic E-state index is 14.9. The fourth-order valence-corrected chi connectivity index (χ4v) is 3.67. The van der Waals surface area contributed by atoms with Gasteiger partial charge in [-0.15, -0.1) is 0 Å². The minimum absolute atomic E-state index is 0.0626. The van der Waals surface area contributed by atoms with Gasteiger partial charge in [0.1, 0.15) is 30.1 Å². The van der Waals surface area contributed by atoms with Crippen molar-refractivity contribution in [2.75, 3.05) is 11.4 Å². The van der Waals surface area contributed by atoms with Gasteiger partial charge in [-0.1, -0.05) is 24.3 Å². The van der Waals surface area contributed by atoms with Gasteiger partial charge in [-0.2, -0.15) is 0 Å². The van der Waals surface area contributed by atoms with Crippen molar-refractivity contribution in [3.05, 3.63) is 84.2 Å². The Hall–Kier alpha value is -4.44. The highest BCUT2D eigenvalue weighted by Crippen LogP contribution is 2.29. The van der Waals surface area contributed by atoms with Crippen LogP contribution in [0.1, 0.15) is 18.1 Å². The molecule has 2 heterocycles. The summed E-state index contributed by atoms with van der Waals surface area (Å²) >= 11 is 0. The molecule has 3 N–H and O–H groups in total. The van der Waals surface area contributed by atoms with Gasteiger partial charge >= 0.3 is 6.09 Å². The smallest absolute Gasteiger partial charge is 0.414 e. The summed E-state index contributed by atoms with van der Waals surface area (Å²) in [6.45, 7) is 1.69. The Morgan fingerprint density at radius 3 is 2.61 bits per heavy atom. The van der Waals surface area contributed by atoms with E-state index < -0.39 is 24.1 Å². The molecule has 0 saturated carbocycles. The molecule has 184 valence electrons. The van der Waals surface area contributed by atoms with Crippen LogP contribution in [0.15, 0.2) is 67.3 Å². The maximum Gasteiger partial charge on any atom is 0.414 e. The number of nitrogens with two attached hydrogens (primary N) is 1. The highest BCUT2D eigenvalue weighted by atomic mass is 19.1. The van der Waals surface area contributed by atoms with E-state index in [1.807, 2.05) is 0 Å². The number of aromatic nitrogens is 2. The van der Waals surface area contributed by atoms with Crippen molar-refractivity contribution in [3.63, 3.8) is 0 Å². The van der Waals surface area contributed by atoms with Crippen LogP contribution in [0.3, 0.4) is 0 Å². The second-order valence-electron chi connectivity index (χ2n) is 8.25. The number of carbonyl (C=O) groups excluding carboxylic acids is 3. The zero-order valence-corrected chi connectivity index (χ0v) is 19.4. The normalized spacial score (nSPS) is 16.1. The van der Waals surface area contributed by atoms with Crippen molar-refractivity contribution in [1.29, 1.82) is 0 Å². The van der Waals surface area contributed by atoms with Gasteiger partial charge in [0.25, 0.3) is 0 Å². The lowest BCUT2D eigenvalue weighted by atomic mass is 10.0. The Morgan fingerprint density at radius 1 is 1.22 bits per heavy atom. The van der Waals surface area contributed by atoms with E-state index in [2.05, 4.69) is 15.3 Å². The van der Waals surface area contributed by atoms with Crippen LogP contribution in [0, 0.1) is 5.82 Å². The molecule has 36 heavy (non-hydrogen) atoms. The number of amides is 2. The average molecular weight is 490 g/mol. The van der Waals surface area contributed by atoms with Crippen LogP contribution in [0.4, 0.5) is 14.9 Å². The van der Waals surface area contributed by atoms with E-state index in [0.717, 1.165) is 5.56 Å². The predicted molar refractivity (Wildman–Crippen MR) is 131 cm³/mol. The molecule has 0 spiro atoms. The fourth-order valence-electron chi connectivity index (χ4n) is 3.67. The summed E-state index contributed by atoms with van der Waals surface area (Å²) in [5.41, 5.74) is 8.65. The molecule has 1 aliphatic rings. The third-order valence-electron chi connectivity index (χ3n) is 5.71. The van der Waals surface area contributed by atoms with E-state index in [0.29, 0.717) is 28.9 Å². The van der Waals surface area contributed by atoms with Crippen LogP contribution in [-0.4, -0.2) is 46.4 Å². The molecule has 1 saturated heterocycles. The number of benzene rings is 2. The molecule has 3 aromatic rings. The van der Waals surface area contributed by atoms with Crippen LogP contribution in [0.5, 0.6) is 0 Å². The van der Waals surface area contributed by atoms with Crippen molar-refractivity contribution >= 4 is 29.5 Å². The van der Waals surface area contributed by atoms with Gasteiger partial charge in [0.05, 0.1) is 12.2 Å². The van der Waals surface area contributed by atoms with Crippen LogP contribution in [-0.2, 0) is 20.9 Å². The molecule has 2 atom stereocenters. The number of nitrogens with zero attached hydrogens (tertiary/aromatic N) is 3. The third kappa shape index (κ3) is 5.78. The van der Waals surface area contributed by atoms with Crippen molar-refractivity contribution in [1.82, 2.24) is 15.3 Å². The van der Waals surface area contributed by atoms with Gasteiger partial charge in [0.2, 0.25) is 5.91 Å². The summed E-state index contributed by atoms with van der Waals surface area (Å²) in [5, 5.41) is 2.78. The predicted octanol–water partition coefficient (Wildman–Crippen LogP) is 2.85. The number of rotatable bonds is 8. The first-order valence-corrected chi connectivity index (χ1v) is 11.2. The average Bonchev–Trinajstić information content (AvgIpc) is 3.28. The number of anilines is 1. The molecule has 4 rings (SSSR count). The minimum atomic E-state index is -0.930. The Bertz CT molecular complexity index is 1300. The minimum Gasteiger partial charge on any atom is -0.442 e. The second-order valence-corrected chi connectivity index (χ2v) is 8.25. The SMILES string of the molecule is CC(=O)[C@@H](N)C1CN(c2ccc(-c3ccc(CNC(=O)/C=C/c4cncnc4)cc3)c(F)c2)C(=O)O1. The van der Waals surface area contributed by atoms with Crippen LogP contribution in [0.25, 0.3) is 17.2 Å². The summed E-state index contributed by atoms with van der Waals surface area (Å²) in [6, 6.07) is 10.6. The lowest BCUT2D eigenvalue weighted by Gasteiger charge is -2.16. The van der Waals surface area contributed by atoms with E-state index in [4.69, 9.17) is 10.5 Å². The summed E-state index contributed by atoms with van der Waals surface area (Å²) in [5.74, 6) is -1.08. The van der Waals surface area contributed by atoms with Crippen molar-refractivity contribution in [3.8, 4) is 11.1 Å². The molecule has 10 heteroatoms. The largest absolute Gasteiger partial charge is 0.442 e. The Morgan fingerprint density at radius 2 is 1.94 bits per heavy atom. The van der Waals surface area contributed by atoms with Gasteiger partial charge in [0.15, 0.2) is 0 Å². The van der Waals surface area contributed by atoms with Crippen molar-refractivity contribution in [2.24, 2.45) is 5.73 Å². The van der Waals surface area contributed by atoms with E-state index >= 15 is 0 Å². The molecular formula is C26H24FN5O4. The molecule has 2 amide bonds. The molecule has 0 bridgehead atoms. The van der Waals surface area contributed by atoms with E-state index in [1.54, 1.807) is 54.9 Å². The van der Waals surface area contributed by atoms with Gasteiger partial charge in [0, 0.05) is 36.1 Å². The number of nitrogens with one attached hydrogen (secondary N) is 1. The lowest BCUT2D eigenvalue weighted by molar-refractivity contribution is -0.120. The number of ketones is 1. The number of carbonyl (C=O) groups is 3. The third-order valence-corrected chi connectivity index (χ3v) is 5.71. The number of ether oxygens (including phenoxy) is 1. The number of cyclic esters (lactones) is 1. The molecule has 2 aromatic carbocycles. The molecule has 1 unspecified atom stereocenters. The summed E-state index contributed by atoms with van der Waals surface area (Å²) in [6.07, 6.45) is 6.15. The number of hydrogen-bond acceptors (Lipinski definition) is 7. The highest BCUT2D eigenvalue weighted by molar-refractivity contribution is 5.92. The number of Topliss-reactive ketones (excluding diaryl/α,β-unsaturated/α-hetero) is 1. The second kappa shape index (κ2) is 10.9. The Kier molecular flexibility index (Phi) is 7.45. The quantitative estimate of drug-likeness (QED) is 0.466. The maximum atomic E-state index is 14.9. The standard InChI is InChI=1S/C26H24FN5O4/c1-16(33)25(28)23-14-32(26(35)36-23)20-7-8-21(22(27)10-20)19-5-2-17(3-6-19)13-31-24(34)9-4-18-11-29-15-30-12-18/h2-12,15,23,25H,13-14,28H2,1H3,(H,31,34)/b9-4+/t23?,25-/m1/s1. The molecule has 0 aliphatic carbocycles. The van der Waals surface area contributed by atoms with Crippen molar-refractivity contribution in [2.45, 2.75) is 25.6 Å². The van der Waals surface area contributed by atoms with E-state index in [-0.39, 0.29) is 18.2 Å². The van der Waals surface area contributed by atoms with Gasteiger partial charge in [-0.25, -0.2) is 19.2 Å². The highest BCUT2D eigenvalue weighted by Gasteiger charge is 2.37. The molecule has 0 radical (unpaired) electrons. The van der Waals surface area contributed by atoms with Gasteiger partial charge < -0.3 is 15.8 Å². The van der Waals surface area contributed by atoms with Crippen LogP contribution >= 0.6 is 0 Å². The molecule has 1 fully saturated rings. The van der Waals surface area contributed by atoms with Crippen LogP contribution in [0.2, 0.25) is 0 Å². The zero-order chi connectivity index (χ0) is 25.7. The summed E-state index contributed by atoms with van der Waals surface area (Å²) < 4.78 is 20.1. The fraction of sp³-hybridized carbons (Fsp3) is 0.192. The molecule has 1 aliphatic heterocycles. The first-order chi connectivity index (χ1) is 17.3.